The summed E-state index contributed by atoms with van der Waals surface area (Å²) in [7, 11) is -1.55. The van der Waals surface area contributed by atoms with E-state index >= 15 is 0 Å². The van der Waals surface area contributed by atoms with Crippen LogP contribution < -0.4 is 0 Å². The molecule has 1 aromatic rings. The standard InChI is InChI=1S/C12H18ClNO2S/c1-4-9-17(15,16)14(3)10(2)11-5-7-12(13)8-6-11/h5-8,10H,4,9H2,1-3H3. The monoisotopic (exact) mass is 275 g/mol. The Morgan fingerprint density at radius 2 is 1.82 bits per heavy atom. The number of benzene rings is 1. The molecule has 0 radical (unpaired) electrons. The van der Waals surface area contributed by atoms with Gasteiger partial charge in [0.2, 0.25) is 10.0 Å². The van der Waals surface area contributed by atoms with Crippen molar-refractivity contribution in [3.05, 3.63) is 34.9 Å². The molecule has 0 bridgehead atoms. The molecule has 0 aromatic heterocycles. The van der Waals surface area contributed by atoms with Gasteiger partial charge < -0.3 is 0 Å². The molecule has 96 valence electrons. The van der Waals surface area contributed by atoms with E-state index in [0.717, 1.165) is 5.56 Å². The maximum atomic E-state index is 11.9. The minimum atomic E-state index is -3.17. The van der Waals surface area contributed by atoms with Gasteiger partial charge in [-0.25, -0.2) is 8.42 Å². The van der Waals surface area contributed by atoms with Gasteiger partial charge in [-0.2, -0.15) is 4.31 Å². The molecule has 0 amide bonds. The van der Waals surface area contributed by atoms with Gasteiger partial charge in [-0.3, -0.25) is 0 Å². The molecule has 0 spiro atoms. The first-order valence-corrected chi connectivity index (χ1v) is 7.58. The highest BCUT2D eigenvalue weighted by Crippen LogP contribution is 2.23. The Kier molecular flexibility index (Phi) is 4.98. The maximum absolute atomic E-state index is 11.9. The molecular weight excluding hydrogens is 258 g/mol. The van der Waals surface area contributed by atoms with Crippen LogP contribution in [0.15, 0.2) is 24.3 Å². The molecule has 3 nitrogen and oxygen atoms in total. The van der Waals surface area contributed by atoms with Crippen molar-refractivity contribution >= 4 is 21.6 Å². The molecule has 0 heterocycles. The van der Waals surface area contributed by atoms with E-state index in [-0.39, 0.29) is 11.8 Å². The number of sulfonamides is 1. The largest absolute Gasteiger partial charge is 0.214 e. The molecule has 1 unspecified atom stereocenters. The predicted octanol–water partition coefficient (Wildman–Crippen LogP) is 3.07. The summed E-state index contributed by atoms with van der Waals surface area (Å²) in [5, 5.41) is 0.653. The third-order valence-electron chi connectivity index (χ3n) is 2.80. The summed E-state index contributed by atoms with van der Waals surface area (Å²) in [5.74, 6) is 0.182. The summed E-state index contributed by atoms with van der Waals surface area (Å²) in [5.41, 5.74) is 0.941. The van der Waals surface area contributed by atoms with E-state index in [2.05, 4.69) is 0 Å². The van der Waals surface area contributed by atoms with Crippen molar-refractivity contribution in [3.8, 4) is 0 Å². The van der Waals surface area contributed by atoms with E-state index < -0.39 is 10.0 Å². The summed E-state index contributed by atoms with van der Waals surface area (Å²) in [6.45, 7) is 3.73. The predicted molar refractivity (Wildman–Crippen MR) is 71.7 cm³/mol. The quantitative estimate of drug-likeness (QED) is 0.828. The van der Waals surface area contributed by atoms with Crippen molar-refractivity contribution in [2.24, 2.45) is 0 Å². The highest BCUT2D eigenvalue weighted by atomic mass is 35.5. The van der Waals surface area contributed by atoms with E-state index in [1.54, 1.807) is 19.2 Å². The zero-order valence-electron chi connectivity index (χ0n) is 10.4. The summed E-state index contributed by atoms with van der Waals surface area (Å²) < 4.78 is 25.2. The number of hydrogen-bond donors (Lipinski definition) is 0. The zero-order chi connectivity index (χ0) is 13.1. The Hall–Kier alpha value is -0.580. The second-order valence-electron chi connectivity index (χ2n) is 4.06. The van der Waals surface area contributed by atoms with Gasteiger partial charge in [-0.15, -0.1) is 0 Å². The van der Waals surface area contributed by atoms with E-state index in [1.165, 1.54) is 4.31 Å². The van der Waals surface area contributed by atoms with Gasteiger partial charge in [0.25, 0.3) is 0 Å². The SMILES string of the molecule is CCCS(=O)(=O)N(C)C(C)c1ccc(Cl)cc1. The summed E-state index contributed by atoms with van der Waals surface area (Å²) in [6.07, 6.45) is 0.625. The van der Waals surface area contributed by atoms with Crippen LogP contribution in [0.4, 0.5) is 0 Å². The Morgan fingerprint density at radius 1 is 1.29 bits per heavy atom. The maximum Gasteiger partial charge on any atom is 0.214 e. The Bertz CT molecular complexity index is 456. The number of hydrogen-bond acceptors (Lipinski definition) is 2. The van der Waals surface area contributed by atoms with Crippen molar-refractivity contribution in [1.82, 2.24) is 4.31 Å². The van der Waals surface area contributed by atoms with Crippen molar-refractivity contribution in [1.29, 1.82) is 0 Å². The Morgan fingerprint density at radius 3 is 2.29 bits per heavy atom. The molecule has 0 saturated carbocycles. The average Bonchev–Trinajstić information content (AvgIpc) is 2.28. The fourth-order valence-corrected chi connectivity index (χ4v) is 3.13. The third kappa shape index (κ3) is 3.69. The first-order valence-electron chi connectivity index (χ1n) is 5.59. The van der Waals surface area contributed by atoms with E-state index in [0.29, 0.717) is 11.4 Å². The van der Waals surface area contributed by atoms with Crippen LogP contribution in [0.25, 0.3) is 0 Å². The van der Waals surface area contributed by atoms with Gasteiger partial charge in [0.05, 0.1) is 5.75 Å². The van der Waals surface area contributed by atoms with Crippen LogP contribution in [0.1, 0.15) is 31.9 Å². The van der Waals surface area contributed by atoms with Crippen molar-refractivity contribution in [2.45, 2.75) is 26.3 Å². The molecule has 1 atom stereocenters. The van der Waals surface area contributed by atoms with E-state index in [4.69, 9.17) is 11.6 Å². The van der Waals surface area contributed by atoms with Crippen molar-refractivity contribution < 1.29 is 8.42 Å². The first kappa shape index (κ1) is 14.5. The molecule has 0 aliphatic carbocycles. The highest BCUT2D eigenvalue weighted by molar-refractivity contribution is 7.89. The molecule has 1 aromatic carbocycles. The smallest absolute Gasteiger partial charge is 0.212 e. The molecular formula is C12H18ClNO2S. The highest BCUT2D eigenvalue weighted by Gasteiger charge is 2.23. The van der Waals surface area contributed by atoms with Crippen LogP contribution in [-0.4, -0.2) is 25.5 Å². The van der Waals surface area contributed by atoms with Gasteiger partial charge in [0.15, 0.2) is 0 Å². The van der Waals surface area contributed by atoms with Crippen LogP contribution in [0.3, 0.4) is 0 Å². The van der Waals surface area contributed by atoms with Crippen LogP contribution in [0.5, 0.6) is 0 Å². The lowest BCUT2D eigenvalue weighted by atomic mass is 10.1. The number of nitrogens with zero attached hydrogens (tertiary/aromatic N) is 1. The molecule has 0 aliphatic rings. The van der Waals surface area contributed by atoms with Gasteiger partial charge in [0, 0.05) is 18.1 Å². The van der Waals surface area contributed by atoms with Crippen LogP contribution in [-0.2, 0) is 10.0 Å². The lowest BCUT2D eigenvalue weighted by Gasteiger charge is -2.24. The zero-order valence-corrected chi connectivity index (χ0v) is 11.9. The normalized spacial score (nSPS) is 13.9. The third-order valence-corrected chi connectivity index (χ3v) is 5.17. The minimum Gasteiger partial charge on any atom is -0.212 e. The van der Waals surface area contributed by atoms with E-state index in [1.807, 2.05) is 26.0 Å². The van der Waals surface area contributed by atoms with Crippen LogP contribution in [0, 0.1) is 0 Å². The summed E-state index contributed by atoms with van der Waals surface area (Å²) >= 11 is 5.80. The average molecular weight is 276 g/mol. The second-order valence-corrected chi connectivity index (χ2v) is 6.64. The molecule has 0 N–H and O–H groups in total. The van der Waals surface area contributed by atoms with Crippen molar-refractivity contribution in [2.75, 3.05) is 12.8 Å². The summed E-state index contributed by atoms with van der Waals surface area (Å²) in [4.78, 5) is 0. The minimum absolute atomic E-state index is 0.177. The Labute approximate surface area is 108 Å². The van der Waals surface area contributed by atoms with Crippen LogP contribution in [0.2, 0.25) is 5.02 Å². The van der Waals surface area contributed by atoms with Gasteiger partial charge in [-0.05, 0) is 31.0 Å². The Balaban J connectivity index is 2.90. The van der Waals surface area contributed by atoms with Crippen molar-refractivity contribution in [3.63, 3.8) is 0 Å². The number of rotatable bonds is 5. The van der Waals surface area contributed by atoms with Crippen LogP contribution >= 0.6 is 11.6 Å². The fraction of sp³-hybridized carbons (Fsp3) is 0.500. The molecule has 5 heteroatoms. The first-order chi connectivity index (χ1) is 7.88. The molecule has 0 fully saturated rings. The van der Waals surface area contributed by atoms with E-state index in [9.17, 15) is 8.42 Å². The fourth-order valence-electron chi connectivity index (χ4n) is 1.59. The molecule has 17 heavy (non-hydrogen) atoms. The molecule has 0 saturated heterocycles. The molecule has 0 aliphatic heterocycles. The lowest BCUT2D eigenvalue weighted by molar-refractivity contribution is 0.398. The topological polar surface area (TPSA) is 37.4 Å². The lowest BCUT2D eigenvalue weighted by Crippen LogP contribution is -2.31. The number of halogens is 1. The molecule has 1 rings (SSSR count). The second kappa shape index (κ2) is 5.85. The van der Waals surface area contributed by atoms with Gasteiger partial charge in [-0.1, -0.05) is 30.7 Å². The van der Waals surface area contributed by atoms with Gasteiger partial charge >= 0.3 is 0 Å². The van der Waals surface area contributed by atoms with Gasteiger partial charge in [0.1, 0.15) is 0 Å². The summed E-state index contributed by atoms with van der Waals surface area (Å²) in [6, 6.07) is 7.07.